The predicted octanol–water partition coefficient (Wildman–Crippen LogP) is 7.02. The number of fused-ring (bicyclic) bond motifs is 1. The van der Waals surface area contributed by atoms with Crippen LogP contribution in [-0.2, 0) is 24.3 Å². The number of nitrogens with one attached hydrogen (secondary N) is 3. The van der Waals surface area contributed by atoms with E-state index in [2.05, 4.69) is 15.4 Å². The molecule has 0 unspecified atom stereocenters. The largest absolute Gasteiger partial charge is 0.497 e. The lowest BCUT2D eigenvalue weighted by Crippen LogP contribution is -2.57. The molecule has 0 radical (unpaired) electrons. The van der Waals surface area contributed by atoms with Gasteiger partial charge in [0.1, 0.15) is 39.5 Å². The number of nitrogens with zero attached hydrogens (tertiary/aromatic N) is 2. The summed E-state index contributed by atoms with van der Waals surface area (Å²) in [6.07, 6.45) is -1.52. The van der Waals surface area contributed by atoms with Crippen LogP contribution < -0.4 is 24.8 Å². The third-order valence-corrected chi connectivity index (χ3v) is 12.1. The smallest absolute Gasteiger partial charge is 0.408 e. The summed E-state index contributed by atoms with van der Waals surface area (Å²) < 4.78 is 45.5. The van der Waals surface area contributed by atoms with Gasteiger partial charge in [0.2, 0.25) is 11.8 Å². The lowest BCUT2D eigenvalue weighted by molar-refractivity contribution is -0.140. The van der Waals surface area contributed by atoms with Crippen molar-refractivity contribution in [3.63, 3.8) is 0 Å². The fourth-order valence-electron chi connectivity index (χ4n) is 6.60. The molecule has 2 aromatic heterocycles. The van der Waals surface area contributed by atoms with E-state index in [1.165, 1.54) is 29.2 Å². The predicted molar refractivity (Wildman–Crippen MR) is 225 cm³/mol. The first kappa shape index (κ1) is 42.6. The normalized spacial score (nSPS) is 16.2. The second kappa shape index (κ2) is 17.1. The number of thiophene rings is 1. The summed E-state index contributed by atoms with van der Waals surface area (Å²) in [4.78, 5) is 61.9. The summed E-state index contributed by atoms with van der Waals surface area (Å²) in [6, 6.07) is 23.4. The van der Waals surface area contributed by atoms with Crippen molar-refractivity contribution >= 4 is 61.8 Å². The van der Waals surface area contributed by atoms with Gasteiger partial charge in [-0.2, -0.15) is 0 Å². The Kier molecular flexibility index (Phi) is 12.3. The number of rotatable bonds is 11. The topological polar surface area (TPSA) is 182 Å². The van der Waals surface area contributed by atoms with E-state index in [1.54, 1.807) is 78.3 Å². The van der Waals surface area contributed by atoms with Gasteiger partial charge in [-0.15, -0.1) is 11.3 Å². The molecule has 14 nitrogen and oxygen atoms in total. The van der Waals surface area contributed by atoms with Gasteiger partial charge in [0, 0.05) is 29.5 Å². The molecule has 16 heteroatoms. The Morgan fingerprint density at radius 1 is 0.898 bits per heavy atom. The van der Waals surface area contributed by atoms with E-state index >= 15 is 0 Å². The number of alkyl carbamates (subject to hydrolysis) is 1. The fourth-order valence-corrected chi connectivity index (χ4v) is 8.56. The van der Waals surface area contributed by atoms with E-state index in [0.29, 0.717) is 28.1 Å². The maximum Gasteiger partial charge on any atom is 0.408 e. The van der Waals surface area contributed by atoms with Crippen molar-refractivity contribution in [1.82, 2.24) is 19.9 Å². The lowest BCUT2D eigenvalue weighted by atomic mass is 9.85. The Hall–Kier alpha value is -6.00. The molecule has 0 saturated carbocycles. The molecule has 0 bridgehead atoms. The number of hydrogen-bond donors (Lipinski definition) is 3. The zero-order valence-electron chi connectivity index (χ0n) is 33.8. The molecular formula is C43H47N5O9S2. The van der Waals surface area contributed by atoms with Gasteiger partial charge in [-0.25, -0.2) is 22.9 Å². The Morgan fingerprint density at radius 2 is 1.61 bits per heavy atom. The van der Waals surface area contributed by atoms with Crippen LogP contribution in [0.2, 0.25) is 0 Å². The average Bonchev–Trinajstić information content (AvgIpc) is 3.88. The number of benzene rings is 3. The van der Waals surface area contributed by atoms with Gasteiger partial charge in [0.15, 0.2) is 0 Å². The second-order valence-corrected chi connectivity index (χ2v) is 18.9. The molecule has 3 aromatic carbocycles. The summed E-state index contributed by atoms with van der Waals surface area (Å²) in [7, 11) is -2.62. The Balaban J connectivity index is 1.35. The van der Waals surface area contributed by atoms with Crippen LogP contribution in [-0.4, -0.2) is 79.6 Å². The van der Waals surface area contributed by atoms with Gasteiger partial charge in [0.05, 0.1) is 36.1 Å². The van der Waals surface area contributed by atoms with Crippen molar-refractivity contribution in [3.8, 4) is 22.8 Å². The standard InChI is InChI=1S/C43H47N5O9S2/c1-42(2,3)37(46-41(52)57-43(4,5)6)40(51)48-25-28(56-35-24-32(26-14-9-8-10-15-26)44-33-22-27(55-7)19-20-29(33)35)23-34(48)39(50)45-31-17-12-11-16-30(31)38(49)47-59(53,54)36-18-13-21-58-36/h8-22,24,28,34,37H,23,25H2,1-7H3,(H,45,50)(H,46,52)(H,47,49)/t28-,34-,37-/m1/s1. The third kappa shape index (κ3) is 10.2. The highest BCUT2D eigenvalue weighted by atomic mass is 32.2. The summed E-state index contributed by atoms with van der Waals surface area (Å²) in [5.74, 6) is -1.12. The first-order chi connectivity index (χ1) is 27.8. The first-order valence-electron chi connectivity index (χ1n) is 18.8. The van der Waals surface area contributed by atoms with E-state index < -0.39 is 63.0 Å². The van der Waals surface area contributed by atoms with E-state index in [9.17, 15) is 27.6 Å². The number of likely N-dealkylation sites (tertiary alicyclic amines) is 1. The molecule has 6 rings (SSSR count). The number of pyridine rings is 1. The van der Waals surface area contributed by atoms with E-state index in [4.69, 9.17) is 19.2 Å². The number of methoxy groups -OCH3 is 1. The molecule has 4 amide bonds. The van der Waals surface area contributed by atoms with Crippen LogP contribution >= 0.6 is 11.3 Å². The molecule has 0 spiro atoms. The molecule has 1 aliphatic rings. The monoisotopic (exact) mass is 841 g/mol. The highest BCUT2D eigenvalue weighted by Gasteiger charge is 2.46. The van der Waals surface area contributed by atoms with Gasteiger partial charge in [-0.1, -0.05) is 69.3 Å². The second-order valence-electron chi connectivity index (χ2n) is 16.1. The Labute approximate surface area is 347 Å². The van der Waals surface area contributed by atoms with Crippen LogP contribution in [0.3, 0.4) is 0 Å². The van der Waals surface area contributed by atoms with Crippen molar-refractivity contribution in [2.24, 2.45) is 5.41 Å². The molecule has 3 N–H and O–H groups in total. The lowest BCUT2D eigenvalue weighted by Gasteiger charge is -2.35. The molecule has 310 valence electrons. The van der Waals surface area contributed by atoms with Crippen molar-refractivity contribution in [2.75, 3.05) is 19.0 Å². The quantitative estimate of drug-likeness (QED) is 0.125. The first-order valence-corrected chi connectivity index (χ1v) is 21.2. The number of aromatic nitrogens is 1. The minimum Gasteiger partial charge on any atom is -0.497 e. The number of sulfonamides is 1. The number of para-hydroxylation sites is 1. The minimum absolute atomic E-state index is 0.0165. The number of carbonyl (C=O) groups excluding carboxylic acids is 4. The molecule has 3 atom stereocenters. The van der Waals surface area contributed by atoms with Crippen LogP contribution in [0.4, 0.5) is 10.5 Å². The van der Waals surface area contributed by atoms with Crippen molar-refractivity contribution in [3.05, 3.63) is 102 Å². The van der Waals surface area contributed by atoms with Crippen LogP contribution in [0, 0.1) is 5.41 Å². The highest BCUT2D eigenvalue weighted by molar-refractivity contribution is 7.92. The number of hydrogen-bond acceptors (Lipinski definition) is 11. The molecule has 1 saturated heterocycles. The Morgan fingerprint density at radius 3 is 2.27 bits per heavy atom. The zero-order valence-corrected chi connectivity index (χ0v) is 35.4. The molecule has 59 heavy (non-hydrogen) atoms. The average molecular weight is 842 g/mol. The molecule has 3 heterocycles. The number of ether oxygens (including phenoxy) is 3. The SMILES string of the molecule is COc1ccc2c(O[C@@H]3C[C@H](C(=O)Nc4ccccc4C(=O)NS(=O)(=O)c4cccs4)N(C(=O)[C@@H](NC(=O)OC(C)(C)C)C(C)(C)C)C3)cc(-c3ccccc3)nc2c1. The number of amides is 4. The van der Waals surface area contributed by atoms with Gasteiger partial charge in [0.25, 0.3) is 15.9 Å². The van der Waals surface area contributed by atoms with Crippen molar-refractivity contribution < 1.29 is 41.8 Å². The molecule has 1 aliphatic heterocycles. The van der Waals surface area contributed by atoms with Gasteiger partial charge in [-0.05, 0) is 61.9 Å². The maximum atomic E-state index is 14.7. The van der Waals surface area contributed by atoms with Gasteiger partial charge >= 0.3 is 6.09 Å². The number of anilines is 1. The zero-order chi connectivity index (χ0) is 42.7. The summed E-state index contributed by atoms with van der Waals surface area (Å²) in [5, 5.41) is 7.74. The van der Waals surface area contributed by atoms with Crippen molar-refractivity contribution in [1.29, 1.82) is 0 Å². The molecule has 1 fully saturated rings. The number of carbonyl (C=O) groups is 4. The minimum atomic E-state index is -4.19. The van der Waals surface area contributed by atoms with E-state index in [1.807, 2.05) is 42.5 Å². The van der Waals surface area contributed by atoms with Crippen LogP contribution in [0.5, 0.6) is 11.5 Å². The summed E-state index contributed by atoms with van der Waals surface area (Å²) in [5.41, 5.74) is 0.304. The highest BCUT2D eigenvalue weighted by Crippen LogP contribution is 2.36. The van der Waals surface area contributed by atoms with Gasteiger partial charge in [-0.3, -0.25) is 14.4 Å². The molecular weight excluding hydrogens is 795 g/mol. The molecule has 0 aliphatic carbocycles. The van der Waals surface area contributed by atoms with E-state index in [-0.39, 0.29) is 28.4 Å². The summed E-state index contributed by atoms with van der Waals surface area (Å²) >= 11 is 0.949. The maximum absolute atomic E-state index is 14.7. The third-order valence-electron chi connectivity index (χ3n) is 9.38. The van der Waals surface area contributed by atoms with E-state index in [0.717, 1.165) is 16.9 Å². The van der Waals surface area contributed by atoms with Crippen molar-refractivity contribution in [2.45, 2.75) is 76.0 Å². The fraction of sp³-hybridized carbons (Fsp3) is 0.326. The van der Waals surface area contributed by atoms with Crippen LogP contribution in [0.1, 0.15) is 58.3 Å². The van der Waals surface area contributed by atoms with Crippen LogP contribution in [0.15, 0.2) is 101 Å². The van der Waals surface area contributed by atoms with Gasteiger partial charge < -0.3 is 29.7 Å². The Bertz CT molecular complexity index is 2460. The molecule has 5 aromatic rings. The summed E-state index contributed by atoms with van der Waals surface area (Å²) in [6.45, 7) is 10.4. The van der Waals surface area contributed by atoms with Crippen LogP contribution in [0.25, 0.3) is 22.2 Å².